The van der Waals surface area contributed by atoms with Crippen molar-refractivity contribution in [1.82, 2.24) is 4.98 Å². The lowest BCUT2D eigenvalue weighted by atomic mass is 9.97. The van der Waals surface area contributed by atoms with Gasteiger partial charge in [0.25, 0.3) is 6.01 Å². The second-order valence-corrected chi connectivity index (χ2v) is 4.28. The molecule has 1 aromatic heterocycles. The fraction of sp³-hybridized carbons (Fsp3) is 0.500. The van der Waals surface area contributed by atoms with Crippen molar-refractivity contribution >= 4 is 11.6 Å². The monoisotopic (exact) mass is 192 g/mol. The van der Waals surface area contributed by atoms with Crippen molar-refractivity contribution in [3.63, 3.8) is 0 Å². The predicted molar refractivity (Wildman–Crippen MR) is 51.6 cm³/mol. The maximum absolute atomic E-state index is 5.67. The number of fused-ring (bicyclic) bond motifs is 2. The van der Waals surface area contributed by atoms with Crippen LogP contribution in [0.5, 0.6) is 0 Å². The molecule has 2 aliphatic rings. The summed E-state index contributed by atoms with van der Waals surface area (Å²) in [5.41, 5.74) is 8.66. The van der Waals surface area contributed by atoms with Crippen molar-refractivity contribution in [2.24, 2.45) is 0 Å². The topological polar surface area (TPSA) is 61.3 Å². The molecule has 0 amide bonds. The Morgan fingerprint density at radius 3 is 3.00 bits per heavy atom. The van der Waals surface area contributed by atoms with Crippen molar-refractivity contribution in [2.45, 2.75) is 25.9 Å². The number of nitrogens with zero attached hydrogens (tertiary/aromatic N) is 1. The Bertz CT molecular complexity index is 443. The Morgan fingerprint density at radius 1 is 1.43 bits per heavy atom. The van der Waals surface area contributed by atoms with Crippen molar-refractivity contribution in [1.29, 1.82) is 0 Å². The first-order valence-electron chi connectivity index (χ1n) is 4.70. The maximum Gasteiger partial charge on any atom is 0.292 e. The summed E-state index contributed by atoms with van der Waals surface area (Å²) in [5.74, 6) is 0.833. The fourth-order valence-electron chi connectivity index (χ4n) is 2.30. The highest BCUT2D eigenvalue weighted by Crippen LogP contribution is 2.46. The van der Waals surface area contributed by atoms with E-state index in [-0.39, 0.29) is 11.6 Å². The van der Waals surface area contributed by atoms with Crippen LogP contribution in [0.2, 0.25) is 0 Å². The molecule has 1 aromatic rings. The first kappa shape index (κ1) is 8.05. The van der Waals surface area contributed by atoms with Crippen molar-refractivity contribution < 1.29 is 9.15 Å². The number of oxazole rings is 1. The van der Waals surface area contributed by atoms with E-state index in [1.165, 1.54) is 5.57 Å². The predicted octanol–water partition coefficient (Wildman–Crippen LogP) is 1.38. The first-order valence-corrected chi connectivity index (χ1v) is 4.70. The summed E-state index contributed by atoms with van der Waals surface area (Å²) in [6.07, 6.45) is 0.828. The lowest BCUT2D eigenvalue weighted by Gasteiger charge is -2.19. The second kappa shape index (κ2) is 2.20. The molecule has 3 rings (SSSR count). The van der Waals surface area contributed by atoms with Gasteiger partial charge in [-0.1, -0.05) is 0 Å². The number of ether oxygens (including phenoxy) is 1. The van der Waals surface area contributed by atoms with Crippen molar-refractivity contribution in [2.75, 3.05) is 12.3 Å². The average Bonchev–Trinajstić information content (AvgIpc) is 2.62. The number of hydrogen-bond donors (Lipinski definition) is 1. The molecule has 4 heteroatoms. The van der Waals surface area contributed by atoms with E-state index in [1.54, 1.807) is 0 Å². The largest absolute Gasteiger partial charge is 0.424 e. The second-order valence-electron chi connectivity index (χ2n) is 4.28. The summed E-state index contributed by atoms with van der Waals surface area (Å²) in [6.45, 7) is 4.78. The van der Waals surface area contributed by atoms with E-state index in [1.807, 2.05) is 13.8 Å². The van der Waals surface area contributed by atoms with E-state index in [0.29, 0.717) is 6.61 Å². The number of aromatic nitrogens is 1. The highest BCUT2D eigenvalue weighted by Gasteiger charge is 2.42. The molecule has 0 aromatic carbocycles. The molecule has 1 aliphatic carbocycles. The zero-order valence-electron chi connectivity index (χ0n) is 8.26. The van der Waals surface area contributed by atoms with E-state index in [0.717, 1.165) is 23.4 Å². The number of hydrogen-bond acceptors (Lipinski definition) is 4. The van der Waals surface area contributed by atoms with Gasteiger partial charge in [0.15, 0.2) is 5.76 Å². The third-order valence-corrected chi connectivity index (χ3v) is 2.88. The molecule has 0 bridgehead atoms. The molecule has 14 heavy (non-hydrogen) atoms. The van der Waals surface area contributed by atoms with Gasteiger partial charge in [-0.05, 0) is 19.4 Å². The fourth-order valence-corrected chi connectivity index (χ4v) is 2.30. The number of nitrogens with two attached hydrogens (primary N) is 1. The SMILES string of the molecule is CC1(C)OCC2=C1c1oc(N)nc1C2. The molecule has 74 valence electrons. The number of rotatable bonds is 0. The summed E-state index contributed by atoms with van der Waals surface area (Å²) in [4.78, 5) is 4.15. The molecule has 0 saturated heterocycles. The first-order chi connectivity index (χ1) is 6.58. The van der Waals surface area contributed by atoms with Gasteiger partial charge in [0, 0.05) is 12.0 Å². The third kappa shape index (κ3) is 0.838. The molecule has 0 atom stereocenters. The normalized spacial score (nSPS) is 22.7. The minimum absolute atomic E-state index is 0.254. The summed E-state index contributed by atoms with van der Waals surface area (Å²) in [7, 11) is 0. The van der Waals surface area contributed by atoms with Gasteiger partial charge in [-0.15, -0.1) is 0 Å². The molecule has 1 aliphatic heterocycles. The van der Waals surface area contributed by atoms with Gasteiger partial charge in [0.2, 0.25) is 0 Å². The van der Waals surface area contributed by atoms with Crippen molar-refractivity contribution in [3.05, 3.63) is 17.0 Å². The van der Waals surface area contributed by atoms with Gasteiger partial charge in [-0.2, -0.15) is 4.98 Å². The molecular weight excluding hydrogens is 180 g/mol. The Morgan fingerprint density at radius 2 is 2.21 bits per heavy atom. The van der Waals surface area contributed by atoms with Crippen LogP contribution in [0.15, 0.2) is 9.99 Å². The van der Waals surface area contributed by atoms with E-state index in [2.05, 4.69) is 4.98 Å². The Balaban J connectivity index is 2.18. The number of anilines is 1. The van der Waals surface area contributed by atoms with E-state index >= 15 is 0 Å². The van der Waals surface area contributed by atoms with Crippen LogP contribution in [0.1, 0.15) is 25.3 Å². The smallest absolute Gasteiger partial charge is 0.292 e. The summed E-state index contributed by atoms with van der Waals surface area (Å²) in [5, 5.41) is 0. The quantitative estimate of drug-likeness (QED) is 0.674. The van der Waals surface area contributed by atoms with Gasteiger partial charge in [0.1, 0.15) is 0 Å². The van der Waals surface area contributed by atoms with Crippen LogP contribution in [-0.2, 0) is 11.2 Å². The molecule has 0 saturated carbocycles. The lowest BCUT2D eigenvalue weighted by Crippen LogP contribution is -2.21. The highest BCUT2D eigenvalue weighted by atomic mass is 16.5. The Kier molecular flexibility index (Phi) is 1.27. The lowest BCUT2D eigenvalue weighted by molar-refractivity contribution is 0.0594. The van der Waals surface area contributed by atoms with E-state index in [9.17, 15) is 0 Å². The van der Waals surface area contributed by atoms with Crippen LogP contribution in [0.4, 0.5) is 6.01 Å². The zero-order valence-corrected chi connectivity index (χ0v) is 8.26. The van der Waals surface area contributed by atoms with Crippen LogP contribution in [-0.4, -0.2) is 17.2 Å². The Hall–Kier alpha value is -1.29. The average molecular weight is 192 g/mol. The molecule has 4 nitrogen and oxygen atoms in total. The zero-order chi connectivity index (χ0) is 9.92. The van der Waals surface area contributed by atoms with Gasteiger partial charge >= 0.3 is 0 Å². The van der Waals surface area contributed by atoms with Crippen LogP contribution >= 0.6 is 0 Å². The molecule has 2 heterocycles. The van der Waals surface area contributed by atoms with Crippen molar-refractivity contribution in [3.8, 4) is 0 Å². The van der Waals surface area contributed by atoms with E-state index < -0.39 is 0 Å². The molecule has 0 unspecified atom stereocenters. The summed E-state index contributed by atoms with van der Waals surface area (Å²) >= 11 is 0. The molecule has 2 N–H and O–H groups in total. The third-order valence-electron chi connectivity index (χ3n) is 2.88. The van der Waals surface area contributed by atoms with Gasteiger partial charge in [0.05, 0.1) is 17.9 Å². The van der Waals surface area contributed by atoms with Gasteiger partial charge in [-0.3, -0.25) is 0 Å². The molecule has 0 radical (unpaired) electrons. The summed E-state index contributed by atoms with van der Waals surface area (Å²) < 4.78 is 11.1. The molecule has 0 spiro atoms. The summed E-state index contributed by atoms with van der Waals surface area (Å²) in [6, 6.07) is 0.254. The molecular formula is C10H12N2O2. The van der Waals surface area contributed by atoms with Gasteiger partial charge < -0.3 is 14.9 Å². The minimum Gasteiger partial charge on any atom is -0.424 e. The van der Waals surface area contributed by atoms with Crippen LogP contribution in [0.3, 0.4) is 0 Å². The number of nitrogen functional groups attached to an aromatic ring is 1. The van der Waals surface area contributed by atoms with Crippen LogP contribution < -0.4 is 5.73 Å². The maximum atomic E-state index is 5.67. The standard InChI is InChI=1S/C10H12N2O2/c1-10(2)7-5(4-13-10)3-6-8(7)14-9(11)12-6/h3-4H2,1-2H3,(H2,11,12). The van der Waals surface area contributed by atoms with Crippen LogP contribution in [0.25, 0.3) is 5.57 Å². The Labute approximate surface area is 81.8 Å². The molecule has 0 fully saturated rings. The van der Waals surface area contributed by atoms with Crippen LogP contribution in [0, 0.1) is 0 Å². The van der Waals surface area contributed by atoms with E-state index in [4.69, 9.17) is 14.9 Å². The highest BCUT2D eigenvalue weighted by molar-refractivity contribution is 5.79. The minimum atomic E-state index is -0.257. The van der Waals surface area contributed by atoms with Gasteiger partial charge in [-0.25, -0.2) is 0 Å².